The second-order valence-corrected chi connectivity index (χ2v) is 12.5. The molecule has 4 N–H and O–H groups in total. The van der Waals surface area contributed by atoms with Gasteiger partial charge in [0.2, 0.25) is 11.8 Å². The number of rotatable bonds is 15. The average molecular weight is 635 g/mol. The number of hydrogen-bond acceptors (Lipinski definition) is 14. The van der Waals surface area contributed by atoms with Crippen LogP contribution in [0.25, 0.3) is 11.2 Å². The molecule has 242 valence electrons. The molecule has 0 radical (unpaired) electrons. The third-order valence-electron chi connectivity index (χ3n) is 6.29. The Bertz CT molecular complexity index is 1320. The molecule has 1 fully saturated rings. The number of aliphatic hydroxyl groups is 1. The Morgan fingerprint density at radius 2 is 1.98 bits per heavy atom. The standard InChI is InChI=1S/C25H40FN6O10P/c1-8-38-17(33)11-40-43(36,31-15(9-13(2)3)22(35)41-14(4)5)39-10-16-19(34)25(6,26)23(42-16)32-12-28-18-20(32)29-24(27)30-21(18)37-7/h12-16,19,23,34H,8-11H2,1-7H3,(H,31,36)(H2,27,29,30)/t15-,16+,19?,23+,25+,43?/m0/s1. The van der Waals surface area contributed by atoms with E-state index < -0.39 is 69.1 Å². The van der Waals surface area contributed by atoms with Gasteiger partial charge in [0.25, 0.3) is 0 Å². The van der Waals surface area contributed by atoms with Crippen LogP contribution in [0, 0.1) is 5.92 Å². The van der Waals surface area contributed by atoms with E-state index in [-0.39, 0.29) is 41.9 Å². The first-order valence-electron chi connectivity index (χ1n) is 13.7. The molecule has 2 aromatic rings. The van der Waals surface area contributed by atoms with Crippen molar-refractivity contribution >= 4 is 36.8 Å². The smallest absolute Gasteiger partial charge is 0.406 e. The predicted molar refractivity (Wildman–Crippen MR) is 149 cm³/mol. The van der Waals surface area contributed by atoms with Crippen LogP contribution in [0.1, 0.15) is 54.2 Å². The van der Waals surface area contributed by atoms with Gasteiger partial charge in [-0.2, -0.15) is 9.97 Å². The first-order chi connectivity index (χ1) is 20.1. The van der Waals surface area contributed by atoms with Crippen molar-refractivity contribution in [3.8, 4) is 5.88 Å². The molecule has 2 unspecified atom stereocenters. The van der Waals surface area contributed by atoms with E-state index >= 15 is 4.39 Å². The molecule has 0 aliphatic carbocycles. The van der Waals surface area contributed by atoms with Crippen molar-refractivity contribution in [3.63, 3.8) is 0 Å². The molecular formula is C25H40FN6O10P. The van der Waals surface area contributed by atoms with Crippen molar-refractivity contribution in [2.45, 2.75) is 84.2 Å². The molecule has 1 aliphatic heterocycles. The molecule has 0 saturated carbocycles. The number of aromatic nitrogens is 4. The number of ether oxygens (including phenoxy) is 4. The second kappa shape index (κ2) is 14.2. The highest BCUT2D eigenvalue weighted by Gasteiger charge is 2.56. The van der Waals surface area contributed by atoms with Gasteiger partial charge in [0.05, 0.1) is 32.8 Å². The molecule has 0 spiro atoms. The molecule has 1 saturated heterocycles. The number of esters is 2. The van der Waals surface area contributed by atoms with E-state index in [0.717, 1.165) is 6.92 Å². The maximum atomic E-state index is 16.0. The largest absolute Gasteiger partial charge is 0.479 e. The number of carbonyl (C=O) groups is 2. The zero-order valence-corrected chi connectivity index (χ0v) is 26.1. The summed E-state index contributed by atoms with van der Waals surface area (Å²) >= 11 is 0. The molecular weight excluding hydrogens is 594 g/mol. The quantitative estimate of drug-likeness (QED) is 0.189. The Morgan fingerprint density at radius 3 is 2.58 bits per heavy atom. The number of hydrogen-bond donors (Lipinski definition) is 3. The lowest BCUT2D eigenvalue weighted by Gasteiger charge is -2.27. The van der Waals surface area contributed by atoms with Crippen molar-refractivity contribution in [1.29, 1.82) is 0 Å². The van der Waals surface area contributed by atoms with Crippen LogP contribution in [0.4, 0.5) is 10.3 Å². The topological polar surface area (TPSA) is 208 Å². The third-order valence-corrected chi connectivity index (χ3v) is 7.88. The fourth-order valence-corrected chi connectivity index (χ4v) is 5.81. The van der Waals surface area contributed by atoms with Gasteiger partial charge in [0, 0.05) is 0 Å². The third kappa shape index (κ3) is 8.37. The van der Waals surface area contributed by atoms with Crippen LogP contribution in [0.15, 0.2) is 6.33 Å². The minimum absolute atomic E-state index is 0.0431. The Balaban J connectivity index is 1.86. The van der Waals surface area contributed by atoms with Crippen LogP contribution in [-0.2, 0) is 37.4 Å². The van der Waals surface area contributed by atoms with Crippen molar-refractivity contribution in [3.05, 3.63) is 6.33 Å². The number of nitrogens with one attached hydrogen (secondary N) is 1. The van der Waals surface area contributed by atoms with Crippen LogP contribution in [0.2, 0.25) is 0 Å². The van der Waals surface area contributed by atoms with Crippen LogP contribution >= 0.6 is 7.75 Å². The minimum Gasteiger partial charge on any atom is -0.479 e. The van der Waals surface area contributed by atoms with Crippen molar-refractivity contribution in [2.75, 3.05) is 32.7 Å². The number of aliphatic hydroxyl groups excluding tert-OH is 1. The van der Waals surface area contributed by atoms with E-state index in [4.69, 9.17) is 33.7 Å². The zero-order chi connectivity index (χ0) is 32.1. The lowest BCUT2D eigenvalue weighted by Crippen LogP contribution is -2.42. The number of nitrogens with zero attached hydrogens (tertiary/aromatic N) is 4. The number of carbonyl (C=O) groups excluding carboxylic acids is 2. The number of imidazole rings is 1. The second-order valence-electron chi connectivity index (χ2n) is 10.7. The van der Waals surface area contributed by atoms with E-state index in [2.05, 4.69) is 20.0 Å². The van der Waals surface area contributed by atoms with E-state index in [0.29, 0.717) is 0 Å². The molecule has 3 heterocycles. The van der Waals surface area contributed by atoms with Crippen LogP contribution in [-0.4, -0.2) is 93.5 Å². The maximum Gasteiger partial charge on any atom is 0.406 e. The summed E-state index contributed by atoms with van der Waals surface area (Å²) in [6.45, 7) is 8.24. The Kier molecular flexibility index (Phi) is 11.4. The van der Waals surface area contributed by atoms with Gasteiger partial charge in [0.1, 0.15) is 18.2 Å². The normalized spacial score (nSPS) is 24.3. The first-order valence-corrected chi connectivity index (χ1v) is 15.3. The monoisotopic (exact) mass is 634 g/mol. The number of alkyl halides is 1. The van der Waals surface area contributed by atoms with Crippen LogP contribution in [0.5, 0.6) is 5.88 Å². The molecule has 6 atom stereocenters. The van der Waals surface area contributed by atoms with Gasteiger partial charge in [0.15, 0.2) is 29.7 Å². The molecule has 2 aromatic heterocycles. The highest BCUT2D eigenvalue weighted by molar-refractivity contribution is 7.51. The predicted octanol–water partition coefficient (Wildman–Crippen LogP) is 2.06. The van der Waals surface area contributed by atoms with E-state index in [9.17, 15) is 19.3 Å². The van der Waals surface area contributed by atoms with E-state index in [1.54, 1.807) is 20.8 Å². The number of methoxy groups -OCH3 is 1. The van der Waals surface area contributed by atoms with Gasteiger partial charge < -0.3 is 29.8 Å². The molecule has 18 heteroatoms. The lowest BCUT2D eigenvalue weighted by molar-refractivity contribution is -0.150. The highest BCUT2D eigenvalue weighted by atomic mass is 31.2. The Labute approximate surface area is 248 Å². The SMILES string of the molecule is CCOC(=O)COP(=O)(N[C@@H](CC(C)C)C(=O)OC(C)C)OC[C@H]1O[C@@H](n2cnc3c(OC)nc(N)nc32)[C@](C)(F)C1O. The number of nitrogens with two attached hydrogens (primary N) is 1. The summed E-state index contributed by atoms with van der Waals surface area (Å²) < 4.78 is 63.1. The molecule has 0 bridgehead atoms. The fourth-order valence-electron chi connectivity index (χ4n) is 4.37. The van der Waals surface area contributed by atoms with E-state index in [1.807, 2.05) is 13.8 Å². The van der Waals surface area contributed by atoms with Crippen LogP contribution < -0.4 is 15.6 Å². The maximum absolute atomic E-state index is 16.0. The van der Waals surface area contributed by atoms with E-state index in [1.165, 1.54) is 18.0 Å². The summed E-state index contributed by atoms with van der Waals surface area (Å²) in [7, 11) is -3.15. The van der Waals surface area contributed by atoms with Gasteiger partial charge in [-0.05, 0) is 40.0 Å². The number of anilines is 1. The van der Waals surface area contributed by atoms with Crippen molar-refractivity contribution < 1.29 is 51.6 Å². The molecule has 3 rings (SSSR count). The van der Waals surface area contributed by atoms with Gasteiger partial charge in [-0.1, -0.05) is 13.8 Å². The van der Waals surface area contributed by atoms with Crippen molar-refractivity contribution in [1.82, 2.24) is 24.6 Å². The summed E-state index contributed by atoms with van der Waals surface area (Å²) in [5.74, 6) is -1.72. The van der Waals surface area contributed by atoms with Gasteiger partial charge in [-0.15, -0.1) is 0 Å². The summed E-state index contributed by atoms with van der Waals surface area (Å²) in [6, 6.07) is -1.15. The number of nitrogen functional groups attached to an aromatic ring is 1. The van der Waals surface area contributed by atoms with Crippen molar-refractivity contribution in [2.24, 2.45) is 5.92 Å². The lowest BCUT2D eigenvalue weighted by atomic mass is 9.98. The molecule has 16 nitrogen and oxygen atoms in total. The van der Waals surface area contributed by atoms with Gasteiger partial charge in [-0.25, -0.2) is 23.8 Å². The van der Waals surface area contributed by atoms with Crippen LogP contribution in [0.3, 0.4) is 0 Å². The summed E-state index contributed by atoms with van der Waals surface area (Å²) in [5.41, 5.74) is 3.59. The minimum atomic E-state index is -4.50. The summed E-state index contributed by atoms with van der Waals surface area (Å²) in [4.78, 5) is 37.0. The zero-order valence-electron chi connectivity index (χ0n) is 25.2. The average Bonchev–Trinajstić information content (AvgIpc) is 3.42. The first kappa shape index (κ1) is 34.5. The number of fused-ring (bicyclic) bond motifs is 1. The molecule has 0 amide bonds. The van der Waals surface area contributed by atoms with Gasteiger partial charge >= 0.3 is 19.7 Å². The summed E-state index contributed by atoms with van der Waals surface area (Å²) in [6.07, 6.45) is -3.74. The highest BCUT2D eigenvalue weighted by Crippen LogP contribution is 2.48. The molecule has 1 aliphatic rings. The van der Waals surface area contributed by atoms with Gasteiger partial charge in [-0.3, -0.25) is 18.4 Å². The number of halogens is 1. The summed E-state index contributed by atoms with van der Waals surface area (Å²) in [5, 5.41) is 13.4. The Hall–Kier alpha value is -2.95. The molecule has 43 heavy (non-hydrogen) atoms. The molecule has 0 aromatic carbocycles. The Morgan fingerprint density at radius 1 is 1.28 bits per heavy atom. The fraction of sp³-hybridized carbons (Fsp3) is 0.720.